The molecule has 1 amide bonds. The van der Waals surface area contributed by atoms with Gasteiger partial charge in [-0.3, -0.25) is 9.69 Å². The number of hydrogen-bond acceptors (Lipinski definition) is 5. The van der Waals surface area contributed by atoms with Gasteiger partial charge in [-0.1, -0.05) is 32.9 Å². The van der Waals surface area contributed by atoms with Crippen LogP contribution in [0.2, 0.25) is 0 Å². The van der Waals surface area contributed by atoms with Gasteiger partial charge in [-0.15, -0.1) is 0 Å². The van der Waals surface area contributed by atoms with E-state index in [9.17, 15) is 17.6 Å². The van der Waals surface area contributed by atoms with Crippen molar-refractivity contribution in [3.63, 3.8) is 0 Å². The highest BCUT2D eigenvalue weighted by Crippen LogP contribution is 2.20. The first-order valence-corrected chi connectivity index (χ1v) is 13.2. The molecule has 30 heavy (non-hydrogen) atoms. The van der Waals surface area contributed by atoms with Crippen LogP contribution >= 0.6 is 11.8 Å². The number of carbonyl (C=O) groups is 1. The minimum Gasteiger partial charge on any atom is -0.339 e. The zero-order chi connectivity index (χ0) is 22.4. The van der Waals surface area contributed by atoms with Crippen molar-refractivity contribution in [2.45, 2.75) is 44.6 Å². The summed E-state index contributed by atoms with van der Waals surface area (Å²) >= 11 is 1.54. The Morgan fingerprint density at radius 2 is 1.83 bits per heavy atom. The van der Waals surface area contributed by atoms with Gasteiger partial charge in [-0.2, -0.15) is 16.5 Å². The molecule has 0 aromatic heterocycles. The van der Waals surface area contributed by atoms with Crippen molar-refractivity contribution >= 4 is 27.7 Å². The molecule has 0 spiro atoms. The van der Waals surface area contributed by atoms with Crippen molar-refractivity contribution in [2.75, 3.05) is 44.7 Å². The maximum absolute atomic E-state index is 14.0. The molecule has 1 fully saturated rings. The number of nitrogens with zero attached hydrogens (tertiary/aromatic N) is 2. The summed E-state index contributed by atoms with van der Waals surface area (Å²) in [4.78, 5) is 16.7. The molecule has 2 rings (SSSR count). The average molecular weight is 460 g/mol. The molecule has 1 unspecified atom stereocenters. The van der Waals surface area contributed by atoms with Crippen molar-refractivity contribution in [3.8, 4) is 0 Å². The Labute approximate surface area is 184 Å². The van der Waals surface area contributed by atoms with Crippen LogP contribution in [0.15, 0.2) is 29.2 Å². The summed E-state index contributed by atoms with van der Waals surface area (Å²) in [5, 5.41) is 0. The maximum atomic E-state index is 14.0. The Hall–Kier alpha value is -1.16. The first-order valence-electron chi connectivity index (χ1n) is 10.3. The quantitative estimate of drug-likeness (QED) is 0.615. The molecule has 1 N–H and O–H groups in total. The number of carbonyl (C=O) groups excluding carboxylic acids is 1. The Bertz CT molecular complexity index is 804. The third-order valence-electron chi connectivity index (χ3n) is 5.19. The highest BCUT2D eigenvalue weighted by Gasteiger charge is 2.32. The zero-order valence-electron chi connectivity index (χ0n) is 18.4. The summed E-state index contributed by atoms with van der Waals surface area (Å²) < 4.78 is 41.9. The number of nitrogens with one attached hydrogen (secondary N) is 1. The lowest BCUT2D eigenvalue weighted by atomic mass is 9.92. The topological polar surface area (TPSA) is 69.7 Å². The number of benzene rings is 1. The van der Waals surface area contributed by atoms with Crippen LogP contribution in [0.4, 0.5) is 4.39 Å². The molecule has 0 radical (unpaired) electrons. The van der Waals surface area contributed by atoms with Gasteiger partial charge in [0, 0.05) is 26.2 Å². The van der Waals surface area contributed by atoms with Crippen LogP contribution in [0.25, 0.3) is 0 Å². The van der Waals surface area contributed by atoms with Gasteiger partial charge in [0.25, 0.3) is 0 Å². The molecular weight excluding hydrogens is 425 g/mol. The third kappa shape index (κ3) is 7.51. The molecule has 9 heteroatoms. The number of sulfonamides is 1. The van der Waals surface area contributed by atoms with E-state index in [1.54, 1.807) is 16.7 Å². The maximum Gasteiger partial charge on any atom is 0.244 e. The van der Waals surface area contributed by atoms with E-state index in [4.69, 9.17) is 0 Å². The second-order valence-electron chi connectivity index (χ2n) is 8.86. The number of hydrogen-bond donors (Lipinski definition) is 1. The predicted molar refractivity (Wildman–Crippen MR) is 121 cm³/mol. The van der Waals surface area contributed by atoms with Gasteiger partial charge in [0.2, 0.25) is 15.9 Å². The summed E-state index contributed by atoms with van der Waals surface area (Å²) in [5.41, 5.74) is 0.265. The molecule has 1 atom stereocenters. The molecule has 1 heterocycles. The Balaban J connectivity index is 2.03. The van der Waals surface area contributed by atoms with Crippen LogP contribution in [-0.4, -0.2) is 74.9 Å². The standard InChI is InChI=1S/C21H34FN3O3S2/c1-21(2,3)10-11-24-12-14-25(15-13-24)20(26)18(9-16-29-4)23-30(27,28)19-8-6-5-7-17(19)22/h5-8,18,23H,9-16H2,1-4H3. The van der Waals surface area contributed by atoms with Gasteiger partial charge < -0.3 is 4.90 Å². The van der Waals surface area contributed by atoms with Crippen molar-refractivity contribution in [1.82, 2.24) is 14.5 Å². The summed E-state index contributed by atoms with van der Waals surface area (Å²) in [6, 6.07) is 4.31. The second-order valence-corrected chi connectivity index (χ2v) is 11.5. The number of rotatable bonds is 9. The van der Waals surface area contributed by atoms with Crippen LogP contribution in [-0.2, 0) is 14.8 Å². The number of piperazine rings is 1. The van der Waals surface area contributed by atoms with Gasteiger partial charge in [0.05, 0.1) is 0 Å². The smallest absolute Gasteiger partial charge is 0.244 e. The predicted octanol–water partition coefficient (Wildman–Crippen LogP) is 2.81. The molecule has 0 aliphatic carbocycles. The van der Waals surface area contributed by atoms with Crippen molar-refractivity contribution in [2.24, 2.45) is 5.41 Å². The second kappa shape index (κ2) is 10.9. The lowest BCUT2D eigenvalue weighted by Crippen LogP contribution is -2.55. The van der Waals surface area contributed by atoms with Gasteiger partial charge in [0.1, 0.15) is 16.8 Å². The fraction of sp³-hybridized carbons (Fsp3) is 0.667. The molecule has 6 nitrogen and oxygen atoms in total. The normalized spacial score (nSPS) is 17.2. The van der Waals surface area contributed by atoms with Crippen LogP contribution < -0.4 is 4.72 Å². The van der Waals surface area contributed by atoms with Crippen LogP contribution in [0.5, 0.6) is 0 Å². The molecule has 1 aliphatic rings. The van der Waals surface area contributed by atoms with Crippen molar-refractivity contribution in [1.29, 1.82) is 0 Å². The Morgan fingerprint density at radius 1 is 1.20 bits per heavy atom. The summed E-state index contributed by atoms with van der Waals surface area (Å²) in [5.74, 6) is -0.435. The summed E-state index contributed by atoms with van der Waals surface area (Å²) in [6.07, 6.45) is 3.35. The summed E-state index contributed by atoms with van der Waals surface area (Å²) in [6.45, 7) is 10.3. The monoisotopic (exact) mass is 459 g/mol. The van der Waals surface area contributed by atoms with E-state index in [0.717, 1.165) is 32.1 Å². The molecule has 1 saturated heterocycles. The first kappa shape index (κ1) is 25.1. The lowest BCUT2D eigenvalue weighted by molar-refractivity contribution is -0.134. The molecule has 1 aromatic rings. The molecular formula is C21H34FN3O3S2. The Kier molecular flexibility index (Phi) is 9.14. The minimum absolute atomic E-state index is 0.237. The number of halogens is 1. The van der Waals surface area contributed by atoms with Crippen molar-refractivity contribution in [3.05, 3.63) is 30.1 Å². The van der Waals surface area contributed by atoms with Gasteiger partial charge in [-0.25, -0.2) is 12.8 Å². The highest BCUT2D eigenvalue weighted by atomic mass is 32.2. The van der Waals surface area contributed by atoms with Crippen molar-refractivity contribution < 1.29 is 17.6 Å². The number of amides is 1. The van der Waals surface area contributed by atoms with Gasteiger partial charge in [-0.05, 0) is 48.9 Å². The van der Waals surface area contributed by atoms with E-state index < -0.39 is 26.8 Å². The zero-order valence-corrected chi connectivity index (χ0v) is 20.0. The first-order chi connectivity index (χ1) is 14.0. The molecule has 1 aliphatic heterocycles. The Morgan fingerprint density at radius 3 is 2.40 bits per heavy atom. The van der Waals surface area contributed by atoms with E-state index in [1.165, 1.54) is 18.2 Å². The fourth-order valence-corrected chi connectivity index (χ4v) is 5.06. The van der Waals surface area contributed by atoms with E-state index in [2.05, 4.69) is 30.4 Å². The molecule has 0 saturated carbocycles. The number of thioether (sulfide) groups is 1. The van der Waals surface area contributed by atoms with Crippen LogP contribution in [0.1, 0.15) is 33.6 Å². The highest BCUT2D eigenvalue weighted by molar-refractivity contribution is 7.98. The van der Waals surface area contributed by atoms with Gasteiger partial charge in [0.15, 0.2) is 0 Å². The third-order valence-corrected chi connectivity index (χ3v) is 7.34. The van der Waals surface area contributed by atoms with E-state index in [0.29, 0.717) is 25.3 Å². The van der Waals surface area contributed by atoms with E-state index in [1.807, 2.05) is 6.26 Å². The van der Waals surface area contributed by atoms with Crippen LogP contribution in [0, 0.1) is 11.2 Å². The van der Waals surface area contributed by atoms with E-state index >= 15 is 0 Å². The molecule has 170 valence electrons. The average Bonchev–Trinajstić information content (AvgIpc) is 2.69. The summed E-state index contributed by atoms with van der Waals surface area (Å²) in [7, 11) is -4.13. The minimum atomic E-state index is -4.13. The van der Waals surface area contributed by atoms with Gasteiger partial charge >= 0.3 is 0 Å². The molecule has 0 bridgehead atoms. The van der Waals surface area contributed by atoms with E-state index in [-0.39, 0.29) is 11.3 Å². The fourth-order valence-electron chi connectivity index (χ4n) is 3.29. The van der Waals surface area contributed by atoms with Crippen LogP contribution in [0.3, 0.4) is 0 Å². The largest absolute Gasteiger partial charge is 0.339 e. The lowest BCUT2D eigenvalue weighted by Gasteiger charge is -2.37. The molecule has 1 aromatic carbocycles. The SMILES string of the molecule is CSCCC(NS(=O)(=O)c1ccccc1F)C(=O)N1CCN(CCC(C)(C)C)CC1.